The van der Waals surface area contributed by atoms with Crippen LogP contribution in [0, 0.1) is 5.92 Å². The molecule has 21 heavy (non-hydrogen) atoms. The Bertz CT molecular complexity index is 665. The third-order valence-electron chi connectivity index (χ3n) is 3.87. The molecule has 1 aliphatic rings. The van der Waals surface area contributed by atoms with E-state index < -0.39 is 0 Å². The summed E-state index contributed by atoms with van der Waals surface area (Å²) in [7, 11) is 1.70. The number of hydrogen-bond acceptors (Lipinski definition) is 4. The van der Waals surface area contributed by atoms with E-state index in [-0.39, 0.29) is 11.7 Å². The third kappa shape index (κ3) is 2.91. The molecule has 1 saturated carbocycles. The van der Waals surface area contributed by atoms with E-state index in [2.05, 4.69) is 11.9 Å². The minimum Gasteiger partial charge on any atom is -0.506 e. The standard InChI is InChI=1S/C16H18N2O3/c1-10-5-14(10)15-4-3-13(21-15)9-18(2)16(20)11-6-12(19)8-17-7-11/h3-4,6-8,10,14,19H,5,9H2,1-2H3. The highest BCUT2D eigenvalue weighted by atomic mass is 16.3. The topological polar surface area (TPSA) is 66.6 Å². The van der Waals surface area contributed by atoms with Crippen molar-refractivity contribution in [3.05, 3.63) is 47.7 Å². The Balaban J connectivity index is 1.66. The zero-order valence-electron chi connectivity index (χ0n) is 12.1. The van der Waals surface area contributed by atoms with Gasteiger partial charge < -0.3 is 14.4 Å². The van der Waals surface area contributed by atoms with Crippen LogP contribution in [0.15, 0.2) is 35.0 Å². The number of aromatic nitrogens is 1. The Morgan fingerprint density at radius 2 is 2.24 bits per heavy atom. The Hall–Kier alpha value is -2.30. The second-order valence-electron chi connectivity index (χ2n) is 5.72. The zero-order chi connectivity index (χ0) is 15.0. The van der Waals surface area contributed by atoms with Crippen molar-refractivity contribution in [2.75, 3.05) is 7.05 Å². The van der Waals surface area contributed by atoms with Crippen LogP contribution in [0.5, 0.6) is 5.75 Å². The monoisotopic (exact) mass is 286 g/mol. The molecule has 0 aromatic carbocycles. The molecule has 0 spiro atoms. The van der Waals surface area contributed by atoms with E-state index in [4.69, 9.17) is 4.42 Å². The van der Waals surface area contributed by atoms with Crippen LogP contribution in [0.3, 0.4) is 0 Å². The van der Waals surface area contributed by atoms with Crippen molar-refractivity contribution in [3.8, 4) is 5.75 Å². The quantitative estimate of drug-likeness (QED) is 0.938. The fourth-order valence-corrected chi connectivity index (χ4v) is 2.47. The number of carbonyl (C=O) groups excluding carboxylic acids is 1. The molecule has 3 rings (SSSR count). The van der Waals surface area contributed by atoms with Crippen molar-refractivity contribution in [2.45, 2.75) is 25.8 Å². The number of nitrogens with zero attached hydrogens (tertiary/aromatic N) is 2. The van der Waals surface area contributed by atoms with Gasteiger partial charge in [0.25, 0.3) is 5.91 Å². The molecule has 1 fully saturated rings. The van der Waals surface area contributed by atoms with Crippen LogP contribution < -0.4 is 0 Å². The summed E-state index contributed by atoms with van der Waals surface area (Å²) in [5.41, 5.74) is 0.361. The summed E-state index contributed by atoms with van der Waals surface area (Å²) >= 11 is 0. The van der Waals surface area contributed by atoms with Crippen LogP contribution in [0.1, 0.15) is 41.1 Å². The van der Waals surface area contributed by atoms with Gasteiger partial charge in [-0.3, -0.25) is 9.78 Å². The fourth-order valence-electron chi connectivity index (χ4n) is 2.47. The summed E-state index contributed by atoms with van der Waals surface area (Å²) < 4.78 is 5.80. The summed E-state index contributed by atoms with van der Waals surface area (Å²) in [6, 6.07) is 5.33. The first-order valence-corrected chi connectivity index (χ1v) is 7.02. The van der Waals surface area contributed by atoms with Crippen molar-refractivity contribution in [1.29, 1.82) is 0 Å². The smallest absolute Gasteiger partial charge is 0.255 e. The molecule has 5 nitrogen and oxygen atoms in total. The molecule has 2 atom stereocenters. The lowest BCUT2D eigenvalue weighted by Crippen LogP contribution is -2.26. The van der Waals surface area contributed by atoms with Gasteiger partial charge in [0, 0.05) is 19.2 Å². The first kappa shape index (κ1) is 13.7. The molecule has 5 heteroatoms. The van der Waals surface area contributed by atoms with Gasteiger partial charge in [0.05, 0.1) is 18.3 Å². The van der Waals surface area contributed by atoms with Gasteiger partial charge in [-0.25, -0.2) is 0 Å². The molecule has 0 radical (unpaired) electrons. The molecular formula is C16H18N2O3. The second-order valence-corrected chi connectivity index (χ2v) is 5.72. The molecule has 0 bridgehead atoms. The molecule has 1 aliphatic carbocycles. The van der Waals surface area contributed by atoms with E-state index in [0.717, 1.165) is 11.5 Å². The summed E-state index contributed by atoms with van der Waals surface area (Å²) in [6.07, 6.45) is 3.92. The predicted molar refractivity (Wildman–Crippen MR) is 76.9 cm³/mol. The molecule has 2 aromatic rings. The minimum absolute atomic E-state index is 0.0164. The normalized spacial score (nSPS) is 20.3. The summed E-state index contributed by atoms with van der Waals surface area (Å²) in [6.45, 7) is 2.60. The number of pyridine rings is 1. The zero-order valence-corrected chi connectivity index (χ0v) is 12.1. The van der Waals surface area contributed by atoms with Crippen molar-refractivity contribution in [1.82, 2.24) is 9.88 Å². The van der Waals surface area contributed by atoms with Gasteiger partial charge in [0.1, 0.15) is 17.3 Å². The predicted octanol–water partition coefficient (Wildman–Crippen LogP) is 2.78. The lowest BCUT2D eigenvalue weighted by molar-refractivity contribution is 0.0774. The van der Waals surface area contributed by atoms with Crippen molar-refractivity contribution in [3.63, 3.8) is 0 Å². The molecule has 2 unspecified atom stereocenters. The number of furan rings is 1. The van der Waals surface area contributed by atoms with Gasteiger partial charge in [0.15, 0.2) is 0 Å². The number of carbonyl (C=O) groups is 1. The Kier molecular flexibility index (Phi) is 3.41. The van der Waals surface area contributed by atoms with Crippen LogP contribution in [0.25, 0.3) is 0 Å². The summed E-state index contributed by atoms with van der Waals surface area (Å²) in [5.74, 6) is 2.80. The van der Waals surface area contributed by atoms with Gasteiger partial charge >= 0.3 is 0 Å². The lowest BCUT2D eigenvalue weighted by atomic mass is 10.2. The van der Waals surface area contributed by atoms with E-state index in [1.54, 1.807) is 11.9 Å². The van der Waals surface area contributed by atoms with Crippen molar-refractivity contribution in [2.24, 2.45) is 5.92 Å². The summed E-state index contributed by atoms with van der Waals surface area (Å²) in [4.78, 5) is 17.6. The van der Waals surface area contributed by atoms with Crippen LogP contribution in [0.2, 0.25) is 0 Å². The van der Waals surface area contributed by atoms with Crippen LogP contribution in [-0.4, -0.2) is 27.9 Å². The Morgan fingerprint density at radius 3 is 2.90 bits per heavy atom. The van der Waals surface area contributed by atoms with Crippen LogP contribution in [0.4, 0.5) is 0 Å². The average molecular weight is 286 g/mol. The number of rotatable bonds is 4. The number of aromatic hydroxyl groups is 1. The lowest BCUT2D eigenvalue weighted by Gasteiger charge is -2.15. The highest BCUT2D eigenvalue weighted by Crippen LogP contribution is 2.47. The van der Waals surface area contributed by atoms with E-state index in [9.17, 15) is 9.90 Å². The Labute approximate surface area is 123 Å². The van der Waals surface area contributed by atoms with E-state index in [1.807, 2.05) is 12.1 Å². The first-order chi connectivity index (χ1) is 10.0. The van der Waals surface area contributed by atoms with Crippen LogP contribution >= 0.6 is 0 Å². The molecule has 0 aliphatic heterocycles. The molecule has 2 aromatic heterocycles. The van der Waals surface area contributed by atoms with Gasteiger partial charge in [-0.1, -0.05) is 6.92 Å². The highest BCUT2D eigenvalue weighted by molar-refractivity contribution is 5.94. The average Bonchev–Trinajstić information content (AvgIpc) is 3.01. The SMILES string of the molecule is CC1CC1c1ccc(CN(C)C(=O)c2cncc(O)c2)o1. The molecule has 1 amide bonds. The van der Waals surface area contributed by atoms with Gasteiger partial charge in [0.2, 0.25) is 0 Å². The van der Waals surface area contributed by atoms with E-state index >= 15 is 0 Å². The van der Waals surface area contributed by atoms with Crippen LogP contribution in [-0.2, 0) is 6.54 Å². The highest BCUT2D eigenvalue weighted by Gasteiger charge is 2.36. The third-order valence-corrected chi connectivity index (χ3v) is 3.87. The molecule has 110 valence electrons. The Morgan fingerprint density at radius 1 is 1.48 bits per heavy atom. The summed E-state index contributed by atoms with van der Waals surface area (Å²) in [5, 5.41) is 9.38. The first-order valence-electron chi connectivity index (χ1n) is 7.02. The number of amides is 1. The molecule has 1 N–H and O–H groups in total. The van der Waals surface area contributed by atoms with Gasteiger partial charge in [-0.15, -0.1) is 0 Å². The maximum absolute atomic E-state index is 12.2. The fraction of sp³-hybridized carbons (Fsp3) is 0.375. The molecule has 2 heterocycles. The van der Waals surface area contributed by atoms with Gasteiger partial charge in [-0.05, 0) is 30.5 Å². The van der Waals surface area contributed by atoms with E-state index in [1.165, 1.54) is 24.9 Å². The number of hydrogen-bond donors (Lipinski definition) is 1. The van der Waals surface area contributed by atoms with E-state index in [0.29, 0.717) is 23.9 Å². The second kappa shape index (κ2) is 5.24. The van der Waals surface area contributed by atoms with Gasteiger partial charge in [-0.2, -0.15) is 0 Å². The molecular weight excluding hydrogens is 268 g/mol. The maximum atomic E-state index is 12.2. The maximum Gasteiger partial charge on any atom is 0.255 e. The van der Waals surface area contributed by atoms with Crippen molar-refractivity contribution >= 4 is 5.91 Å². The molecule has 0 saturated heterocycles. The largest absolute Gasteiger partial charge is 0.506 e. The van der Waals surface area contributed by atoms with Crippen molar-refractivity contribution < 1.29 is 14.3 Å². The minimum atomic E-state index is -0.198.